The van der Waals surface area contributed by atoms with Crippen LogP contribution in [0.4, 0.5) is 5.82 Å². The topological polar surface area (TPSA) is 79.6 Å². The Morgan fingerprint density at radius 3 is 3.11 bits per heavy atom. The number of rotatable bonds is 4. The molecule has 1 saturated heterocycles. The number of piperidine rings is 1. The summed E-state index contributed by atoms with van der Waals surface area (Å²) < 4.78 is 1.55. The molecule has 0 radical (unpaired) electrons. The van der Waals surface area contributed by atoms with Crippen molar-refractivity contribution in [1.29, 1.82) is 0 Å². The first-order chi connectivity index (χ1) is 13.1. The third-order valence-corrected chi connectivity index (χ3v) is 5.51. The van der Waals surface area contributed by atoms with E-state index in [1.165, 1.54) is 11.3 Å². The van der Waals surface area contributed by atoms with E-state index in [1.807, 2.05) is 24.4 Å². The second-order valence-corrected chi connectivity index (χ2v) is 7.74. The number of thiazole rings is 1. The van der Waals surface area contributed by atoms with Gasteiger partial charge < -0.3 is 5.32 Å². The predicted octanol–water partition coefficient (Wildman–Crippen LogP) is 2.31. The fraction of sp³-hybridized carbons (Fsp3) is 0.368. The number of hydrogen-bond donors (Lipinski definition) is 1. The number of fused-ring (bicyclic) bond motifs is 1. The summed E-state index contributed by atoms with van der Waals surface area (Å²) in [4.78, 5) is 36.6. The normalized spacial score (nSPS) is 17.9. The summed E-state index contributed by atoms with van der Waals surface area (Å²) >= 11 is 1.45. The summed E-state index contributed by atoms with van der Waals surface area (Å²) in [5, 5.41) is 4.78. The van der Waals surface area contributed by atoms with Crippen molar-refractivity contribution in [1.82, 2.24) is 19.3 Å². The average molecular weight is 383 g/mol. The van der Waals surface area contributed by atoms with E-state index in [0.29, 0.717) is 23.9 Å². The molecule has 0 aliphatic carbocycles. The van der Waals surface area contributed by atoms with Gasteiger partial charge in [-0.15, -0.1) is 11.3 Å². The Morgan fingerprint density at radius 1 is 1.37 bits per heavy atom. The number of likely N-dealkylation sites (tertiary alicyclic amines) is 1. The zero-order chi connectivity index (χ0) is 18.8. The lowest BCUT2D eigenvalue weighted by Gasteiger charge is -2.31. The van der Waals surface area contributed by atoms with Crippen LogP contribution in [0.2, 0.25) is 0 Å². The molecule has 27 heavy (non-hydrogen) atoms. The van der Waals surface area contributed by atoms with Crippen LogP contribution in [0.3, 0.4) is 0 Å². The van der Waals surface area contributed by atoms with E-state index < -0.39 is 0 Å². The lowest BCUT2D eigenvalue weighted by Crippen LogP contribution is -2.40. The molecule has 4 heterocycles. The van der Waals surface area contributed by atoms with Gasteiger partial charge in [-0.2, -0.15) is 0 Å². The molecule has 0 unspecified atom stereocenters. The predicted molar refractivity (Wildman–Crippen MR) is 105 cm³/mol. The Labute approximate surface area is 160 Å². The summed E-state index contributed by atoms with van der Waals surface area (Å²) in [7, 11) is 0. The molecule has 8 heteroatoms. The zero-order valence-electron chi connectivity index (χ0n) is 15.1. The van der Waals surface area contributed by atoms with E-state index in [0.717, 1.165) is 30.8 Å². The van der Waals surface area contributed by atoms with Crippen molar-refractivity contribution in [3.8, 4) is 0 Å². The highest BCUT2D eigenvalue weighted by atomic mass is 32.1. The number of nitrogens with one attached hydrogen (secondary N) is 1. The van der Waals surface area contributed by atoms with E-state index in [9.17, 15) is 9.59 Å². The molecule has 1 aliphatic heterocycles. The Hall–Kier alpha value is -2.58. The van der Waals surface area contributed by atoms with Gasteiger partial charge in [0.2, 0.25) is 5.91 Å². The number of aryl methyl sites for hydroxylation is 1. The van der Waals surface area contributed by atoms with Gasteiger partial charge in [0.05, 0.1) is 11.6 Å². The highest BCUT2D eigenvalue weighted by molar-refractivity contribution is 7.15. The molecular formula is C19H21N5O2S. The first kappa shape index (κ1) is 17.8. The molecule has 140 valence electrons. The first-order valence-electron chi connectivity index (χ1n) is 9.01. The second kappa shape index (κ2) is 7.58. The lowest BCUT2D eigenvalue weighted by molar-refractivity contribution is -0.121. The minimum atomic E-state index is -0.0902. The number of amides is 1. The molecule has 1 fully saturated rings. The second-order valence-electron chi connectivity index (χ2n) is 6.87. The fourth-order valence-electron chi connectivity index (χ4n) is 3.45. The molecule has 4 rings (SSSR count). The molecule has 0 spiro atoms. The lowest BCUT2D eigenvalue weighted by atomic mass is 9.97. The van der Waals surface area contributed by atoms with Crippen molar-refractivity contribution >= 4 is 28.0 Å². The number of hydrogen-bond acceptors (Lipinski definition) is 6. The Bertz CT molecular complexity index is 1030. The molecule has 3 aromatic heterocycles. The van der Waals surface area contributed by atoms with E-state index in [2.05, 4.69) is 20.2 Å². The molecule has 1 atom stereocenters. The Kier molecular flexibility index (Phi) is 5.00. The van der Waals surface area contributed by atoms with Crippen LogP contribution in [-0.2, 0) is 11.3 Å². The van der Waals surface area contributed by atoms with Crippen molar-refractivity contribution in [2.24, 2.45) is 5.92 Å². The van der Waals surface area contributed by atoms with Gasteiger partial charge in [-0.25, -0.2) is 9.97 Å². The van der Waals surface area contributed by atoms with Gasteiger partial charge in [-0.05, 0) is 38.4 Å². The van der Waals surface area contributed by atoms with Crippen molar-refractivity contribution in [2.45, 2.75) is 26.3 Å². The van der Waals surface area contributed by atoms with Gasteiger partial charge in [-0.3, -0.25) is 18.9 Å². The van der Waals surface area contributed by atoms with Crippen molar-refractivity contribution in [2.75, 3.05) is 18.4 Å². The molecule has 3 aromatic rings. The van der Waals surface area contributed by atoms with Gasteiger partial charge in [-0.1, -0.05) is 6.07 Å². The van der Waals surface area contributed by atoms with Gasteiger partial charge >= 0.3 is 0 Å². The number of carbonyl (C=O) groups excluding carboxylic acids is 1. The van der Waals surface area contributed by atoms with Crippen LogP contribution in [0.25, 0.3) is 4.96 Å². The van der Waals surface area contributed by atoms with Gasteiger partial charge in [0, 0.05) is 36.4 Å². The largest absolute Gasteiger partial charge is 0.310 e. The third-order valence-electron chi connectivity index (χ3n) is 4.76. The van der Waals surface area contributed by atoms with E-state index >= 15 is 0 Å². The summed E-state index contributed by atoms with van der Waals surface area (Å²) in [6, 6.07) is 7.17. The number of anilines is 1. The summed E-state index contributed by atoms with van der Waals surface area (Å²) in [5.41, 5.74) is 1.57. The van der Waals surface area contributed by atoms with Crippen LogP contribution >= 0.6 is 11.3 Å². The van der Waals surface area contributed by atoms with Gasteiger partial charge in [0.15, 0.2) is 4.96 Å². The quantitative estimate of drug-likeness (QED) is 0.748. The van der Waals surface area contributed by atoms with E-state index in [4.69, 9.17) is 0 Å². The maximum Gasteiger partial charge on any atom is 0.258 e. The summed E-state index contributed by atoms with van der Waals surface area (Å²) in [6.07, 6.45) is 3.54. The highest BCUT2D eigenvalue weighted by Gasteiger charge is 2.26. The minimum Gasteiger partial charge on any atom is -0.310 e. The molecule has 1 N–H and O–H groups in total. The van der Waals surface area contributed by atoms with Crippen LogP contribution in [0.1, 0.15) is 24.2 Å². The summed E-state index contributed by atoms with van der Waals surface area (Å²) in [5.74, 6) is 0.502. The van der Waals surface area contributed by atoms with Crippen LogP contribution in [-0.4, -0.2) is 38.3 Å². The number of carbonyl (C=O) groups is 1. The molecule has 1 aliphatic rings. The van der Waals surface area contributed by atoms with Crippen molar-refractivity contribution in [3.05, 3.63) is 57.6 Å². The van der Waals surface area contributed by atoms with E-state index in [1.54, 1.807) is 22.7 Å². The zero-order valence-corrected chi connectivity index (χ0v) is 15.9. The van der Waals surface area contributed by atoms with E-state index in [-0.39, 0.29) is 17.4 Å². The van der Waals surface area contributed by atoms with Crippen LogP contribution in [0.5, 0.6) is 0 Å². The maximum absolute atomic E-state index is 12.6. The number of aromatic nitrogens is 3. The minimum absolute atomic E-state index is 0.000428. The van der Waals surface area contributed by atoms with Gasteiger partial charge in [0.25, 0.3) is 5.56 Å². The first-order valence-corrected chi connectivity index (χ1v) is 9.89. The van der Waals surface area contributed by atoms with Crippen LogP contribution in [0.15, 0.2) is 40.6 Å². The standard InChI is InChI=1S/C19H21N5O2S/c1-13-4-2-6-16(20-13)22-18(26)14-5-3-7-23(11-14)12-15-10-17(25)24-8-9-27-19(24)21-15/h2,4,6,8-10,14H,3,5,7,11-12H2,1H3,(H,20,22,26)/t14-/m0/s1. The third kappa shape index (κ3) is 4.06. The van der Waals surface area contributed by atoms with Crippen LogP contribution < -0.4 is 10.9 Å². The number of pyridine rings is 1. The molecule has 0 saturated carbocycles. The van der Waals surface area contributed by atoms with Crippen molar-refractivity contribution in [3.63, 3.8) is 0 Å². The SMILES string of the molecule is Cc1cccc(NC(=O)[C@H]2CCCN(Cc3cc(=O)n4ccsc4n3)C2)n1. The molecule has 7 nitrogen and oxygen atoms in total. The molecule has 0 aromatic carbocycles. The van der Waals surface area contributed by atoms with Gasteiger partial charge in [0.1, 0.15) is 5.82 Å². The summed E-state index contributed by atoms with van der Waals surface area (Å²) in [6.45, 7) is 4.04. The Balaban J connectivity index is 1.42. The highest BCUT2D eigenvalue weighted by Crippen LogP contribution is 2.20. The average Bonchev–Trinajstić information content (AvgIpc) is 3.11. The van der Waals surface area contributed by atoms with Crippen molar-refractivity contribution < 1.29 is 4.79 Å². The molecule has 1 amide bonds. The smallest absolute Gasteiger partial charge is 0.258 e. The molecular weight excluding hydrogens is 362 g/mol. The maximum atomic E-state index is 12.6. The Morgan fingerprint density at radius 2 is 2.26 bits per heavy atom. The monoisotopic (exact) mass is 383 g/mol. The molecule has 0 bridgehead atoms. The number of nitrogens with zero attached hydrogens (tertiary/aromatic N) is 4. The fourth-order valence-corrected chi connectivity index (χ4v) is 4.19. The van der Waals surface area contributed by atoms with Crippen LogP contribution in [0, 0.1) is 12.8 Å².